The highest BCUT2D eigenvalue weighted by Gasteiger charge is 2.32. The lowest BCUT2D eigenvalue weighted by Crippen LogP contribution is -2.09. The molecule has 0 atom stereocenters. The molecule has 1 aromatic carbocycles. The number of carbonyl (C=O) groups is 1. The number of halogens is 1. The molecule has 9 nitrogen and oxygen atoms in total. The maximum atomic E-state index is 13.6. The number of carbonyl (C=O) groups excluding carboxylic acids is 1. The van der Waals surface area contributed by atoms with Gasteiger partial charge in [0.25, 0.3) is 0 Å². The van der Waals surface area contributed by atoms with Gasteiger partial charge in [0, 0.05) is 25.2 Å². The number of aromatic nitrogens is 5. The molecule has 0 aliphatic heterocycles. The van der Waals surface area contributed by atoms with E-state index in [1.807, 2.05) is 18.2 Å². The number of aryl methyl sites for hydroxylation is 2. The number of hydrogen-bond donors (Lipinski definition) is 2. The number of ketones is 1. The number of pyridine rings is 2. The Labute approximate surface area is 201 Å². The van der Waals surface area contributed by atoms with Crippen molar-refractivity contribution in [2.75, 3.05) is 17.7 Å². The summed E-state index contributed by atoms with van der Waals surface area (Å²) in [6, 6.07) is 8.93. The first-order valence-corrected chi connectivity index (χ1v) is 11.2. The Morgan fingerprint density at radius 1 is 1.09 bits per heavy atom. The van der Waals surface area contributed by atoms with Gasteiger partial charge >= 0.3 is 0 Å². The molecule has 2 N–H and O–H groups in total. The van der Waals surface area contributed by atoms with E-state index >= 15 is 0 Å². The lowest BCUT2D eigenvalue weighted by Gasteiger charge is -2.17. The summed E-state index contributed by atoms with van der Waals surface area (Å²) in [6.07, 6.45) is 6.08. The average Bonchev–Trinajstić information content (AvgIpc) is 3.61. The van der Waals surface area contributed by atoms with E-state index in [0.29, 0.717) is 51.3 Å². The molecule has 0 saturated heterocycles. The van der Waals surface area contributed by atoms with Crippen molar-refractivity contribution in [2.45, 2.75) is 19.8 Å². The van der Waals surface area contributed by atoms with Gasteiger partial charge in [-0.05, 0) is 43.5 Å². The van der Waals surface area contributed by atoms with Crippen LogP contribution in [0.3, 0.4) is 0 Å². The second-order valence-electron chi connectivity index (χ2n) is 8.45. The Kier molecular flexibility index (Phi) is 5.86. The molecule has 0 spiro atoms. The number of nitrogens with zero attached hydrogens (tertiary/aromatic N) is 5. The van der Waals surface area contributed by atoms with Crippen LogP contribution in [0.5, 0.6) is 5.75 Å². The molecular formula is C25H24FN7O2. The fourth-order valence-corrected chi connectivity index (χ4v) is 3.77. The standard InChI is InChI=1S/C25H24FN7O2/c1-14-9-21(28-12-18(14)26)31-22-10-20(17(11-27-22)23(34)15-7-8-15)30-19-6-4-5-16(24(19)35-3)25-29-13-33(2)32-25/h4-6,9-13,15H,7-8H2,1-3H3,(H2,27,28,30,31). The van der Waals surface area contributed by atoms with E-state index in [1.165, 1.54) is 0 Å². The predicted octanol–water partition coefficient (Wildman–Crippen LogP) is 4.81. The Hall–Kier alpha value is -4.34. The van der Waals surface area contributed by atoms with Crippen LogP contribution in [0.1, 0.15) is 28.8 Å². The fraction of sp³-hybridized carbons (Fsp3) is 0.240. The van der Waals surface area contributed by atoms with Crippen LogP contribution in [0, 0.1) is 18.7 Å². The van der Waals surface area contributed by atoms with E-state index in [4.69, 9.17) is 4.74 Å². The zero-order chi connectivity index (χ0) is 24.5. The fourth-order valence-electron chi connectivity index (χ4n) is 3.77. The highest BCUT2D eigenvalue weighted by molar-refractivity contribution is 6.04. The average molecular weight is 474 g/mol. The normalized spacial score (nSPS) is 12.9. The predicted molar refractivity (Wildman–Crippen MR) is 130 cm³/mol. The lowest BCUT2D eigenvalue weighted by molar-refractivity contribution is 0.0968. The molecule has 35 heavy (non-hydrogen) atoms. The zero-order valence-electron chi connectivity index (χ0n) is 19.5. The van der Waals surface area contributed by atoms with Crippen molar-refractivity contribution >= 4 is 28.8 Å². The minimum atomic E-state index is -0.384. The largest absolute Gasteiger partial charge is 0.494 e. The first kappa shape index (κ1) is 22.5. The van der Waals surface area contributed by atoms with Crippen molar-refractivity contribution in [1.29, 1.82) is 0 Å². The van der Waals surface area contributed by atoms with Crippen LogP contribution in [0.25, 0.3) is 11.4 Å². The SMILES string of the molecule is COc1c(Nc2cc(Nc3cc(C)c(F)cn3)ncc2C(=O)C2CC2)cccc1-c1ncn(C)n1. The third kappa shape index (κ3) is 4.68. The quantitative estimate of drug-likeness (QED) is 0.351. The number of benzene rings is 1. The molecule has 3 heterocycles. The van der Waals surface area contributed by atoms with Crippen LogP contribution >= 0.6 is 0 Å². The molecule has 1 saturated carbocycles. The molecule has 178 valence electrons. The summed E-state index contributed by atoms with van der Waals surface area (Å²) in [5, 5.41) is 10.8. The van der Waals surface area contributed by atoms with Crippen LogP contribution in [0.2, 0.25) is 0 Å². The third-order valence-electron chi connectivity index (χ3n) is 5.75. The highest BCUT2D eigenvalue weighted by atomic mass is 19.1. The van der Waals surface area contributed by atoms with E-state index in [0.717, 1.165) is 19.0 Å². The topological polar surface area (TPSA) is 107 Å². The van der Waals surface area contributed by atoms with E-state index in [-0.39, 0.29) is 17.5 Å². The van der Waals surface area contributed by atoms with E-state index in [1.54, 1.807) is 50.4 Å². The molecule has 4 aromatic rings. The molecule has 1 aliphatic carbocycles. The van der Waals surface area contributed by atoms with Gasteiger partial charge in [-0.2, -0.15) is 5.10 Å². The molecule has 0 radical (unpaired) electrons. The summed E-state index contributed by atoms with van der Waals surface area (Å²) in [5.74, 6) is 1.66. The van der Waals surface area contributed by atoms with Gasteiger partial charge in [0.1, 0.15) is 23.8 Å². The summed E-state index contributed by atoms with van der Waals surface area (Å²) >= 11 is 0. The van der Waals surface area contributed by atoms with Crippen LogP contribution in [0.4, 0.5) is 27.4 Å². The highest BCUT2D eigenvalue weighted by Crippen LogP contribution is 2.39. The van der Waals surface area contributed by atoms with Crippen molar-refractivity contribution in [3.8, 4) is 17.1 Å². The number of Topliss-reactive ketones (excluding diaryl/α,β-unsaturated/α-hetero) is 1. The second-order valence-corrected chi connectivity index (χ2v) is 8.45. The second kappa shape index (κ2) is 9.13. The van der Waals surface area contributed by atoms with Crippen molar-refractivity contribution in [2.24, 2.45) is 13.0 Å². The summed E-state index contributed by atoms with van der Waals surface area (Å²) in [7, 11) is 3.37. The molecule has 3 aromatic heterocycles. The first-order chi connectivity index (χ1) is 16.9. The molecule has 10 heteroatoms. The molecule has 5 rings (SSSR count). The van der Waals surface area contributed by atoms with Crippen molar-refractivity contribution in [1.82, 2.24) is 24.7 Å². The van der Waals surface area contributed by atoms with Crippen LogP contribution in [-0.4, -0.2) is 37.6 Å². The summed E-state index contributed by atoms with van der Waals surface area (Å²) < 4.78 is 20.9. The number of methoxy groups -OCH3 is 1. The van der Waals surface area contributed by atoms with Crippen molar-refractivity contribution < 1.29 is 13.9 Å². The van der Waals surface area contributed by atoms with Crippen LogP contribution in [0.15, 0.2) is 49.1 Å². The van der Waals surface area contributed by atoms with Gasteiger partial charge in [-0.1, -0.05) is 6.07 Å². The smallest absolute Gasteiger partial charge is 0.184 e. The van der Waals surface area contributed by atoms with Crippen molar-refractivity contribution in [3.05, 3.63) is 66.0 Å². The molecule has 0 unspecified atom stereocenters. The van der Waals surface area contributed by atoms with Crippen LogP contribution < -0.4 is 15.4 Å². The number of para-hydroxylation sites is 1. The Morgan fingerprint density at radius 3 is 2.54 bits per heavy atom. The maximum absolute atomic E-state index is 13.6. The van der Waals surface area contributed by atoms with Gasteiger partial charge in [0.15, 0.2) is 17.4 Å². The number of hydrogen-bond acceptors (Lipinski definition) is 8. The van der Waals surface area contributed by atoms with Gasteiger partial charge in [-0.25, -0.2) is 19.3 Å². The van der Waals surface area contributed by atoms with Gasteiger partial charge in [-0.3, -0.25) is 9.48 Å². The minimum absolute atomic E-state index is 0.0172. The Bertz CT molecular complexity index is 1410. The third-order valence-corrected chi connectivity index (χ3v) is 5.75. The molecule has 0 amide bonds. The van der Waals surface area contributed by atoms with E-state index in [9.17, 15) is 9.18 Å². The van der Waals surface area contributed by atoms with Gasteiger partial charge in [0.2, 0.25) is 0 Å². The lowest BCUT2D eigenvalue weighted by atomic mass is 10.1. The Balaban J connectivity index is 1.53. The van der Waals surface area contributed by atoms with E-state index < -0.39 is 0 Å². The summed E-state index contributed by atoms with van der Waals surface area (Å²) in [6.45, 7) is 1.66. The maximum Gasteiger partial charge on any atom is 0.184 e. The molecule has 0 bridgehead atoms. The molecular weight excluding hydrogens is 449 g/mol. The number of nitrogens with one attached hydrogen (secondary N) is 2. The Morgan fingerprint density at radius 2 is 1.86 bits per heavy atom. The van der Waals surface area contributed by atoms with Crippen LogP contribution in [-0.2, 0) is 7.05 Å². The number of rotatable bonds is 8. The number of anilines is 4. The van der Waals surface area contributed by atoms with E-state index in [2.05, 4.69) is 30.7 Å². The minimum Gasteiger partial charge on any atom is -0.494 e. The molecule has 1 fully saturated rings. The summed E-state index contributed by atoms with van der Waals surface area (Å²) in [4.78, 5) is 25.8. The van der Waals surface area contributed by atoms with Gasteiger partial charge in [-0.15, -0.1) is 0 Å². The zero-order valence-corrected chi connectivity index (χ0v) is 19.5. The van der Waals surface area contributed by atoms with Gasteiger partial charge < -0.3 is 15.4 Å². The monoisotopic (exact) mass is 473 g/mol. The summed E-state index contributed by atoms with van der Waals surface area (Å²) in [5.41, 5.74) is 2.89. The molecule has 1 aliphatic rings. The number of ether oxygens (including phenoxy) is 1. The van der Waals surface area contributed by atoms with Crippen molar-refractivity contribution in [3.63, 3.8) is 0 Å². The van der Waals surface area contributed by atoms with Gasteiger partial charge in [0.05, 0.1) is 35.8 Å². The first-order valence-electron chi connectivity index (χ1n) is 11.2.